The van der Waals surface area contributed by atoms with Gasteiger partial charge in [0.15, 0.2) is 0 Å². The van der Waals surface area contributed by atoms with Crippen LogP contribution in [0.4, 0.5) is 11.4 Å². The highest BCUT2D eigenvalue weighted by atomic mass is 35.5. The second-order valence-electron chi connectivity index (χ2n) is 7.92. The molecule has 0 saturated carbocycles. The van der Waals surface area contributed by atoms with Crippen LogP contribution >= 0.6 is 11.6 Å². The molecular formula is C27H27ClN4O. The molecular weight excluding hydrogens is 432 g/mol. The molecule has 3 rings (SSSR count). The molecule has 1 atom stereocenters. The van der Waals surface area contributed by atoms with E-state index in [1.54, 1.807) is 0 Å². The smallest absolute Gasteiger partial charge is 0.142 e. The van der Waals surface area contributed by atoms with Crippen LogP contribution in [0.5, 0.6) is 0 Å². The van der Waals surface area contributed by atoms with Gasteiger partial charge in [0.25, 0.3) is 0 Å². The van der Waals surface area contributed by atoms with Crippen LogP contribution in [0.3, 0.4) is 0 Å². The van der Waals surface area contributed by atoms with E-state index in [0.29, 0.717) is 47.6 Å². The fourth-order valence-corrected chi connectivity index (χ4v) is 4.10. The maximum Gasteiger partial charge on any atom is 0.142 e. The van der Waals surface area contributed by atoms with Crippen molar-refractivity contribution in [3.05, 3.63) is 93.5 Å². The van der Waals surface area contributed by atoms with Gasteiger partial charge in [0.05, 0.1) is 30.0 Å². The number of hydrogen-bond donors (Lipinski definition) is 3. The van der Waals surface area contributed by atoms with E-state index in [4.69, 9.17) is 22.1 Å². The van der Waals surface area contributed by atoms with Crippen molar-refractivity contribution in [2.45, 2.75) is 32.3 Å². The zero-order valence-corrected chi connectivity index (χ0v) is 19.6. The summed E-state index contributed by atoms with van der Waals surface area (Å²) in [6.07, 6.45) is 0.831. The molecule has 0 spiro atoms. The third kappa shape index (κ3) is 5.29. The number of benzene rings is 3. The van der Waals surface area contributed by atoms with Gasteiger partial charge in [-0.05, 0) is 54.3 Å². The summed E-state index contributed by atoms with van der Waals surface area (Å²) in [5.41, 5.74) is 4.16. The summed E-state index contributed by atoms with van der Waals surface area (Å²) < 4.78 is 0. The number of halogens is 1. The Morgan fingerprint density at radius 2 is 1.48 bits per heavy atom. The molecule has 0 radical (unpaired) electrons. The predicted molar refractivity (Wildman–Crippen MR) is 133 cm³/mol. The van der Waals surface area contributed by atoms with Crippen molar-refractivity contribution >= 4 is 23.0 Å². The third-order valence-corrected chi connectivity index (χ3v) is 6.15. The van der Waals surface area contributed by atoms with E-state index in [1.165, 1.54) is 0 Å². The normalized spacial score (nSPS) is 12.3. The lowest BCUT2D eigenvalue weighted by molar-refractivity contribution is 0.125. The van der Waals surface area contributed by atoms with Gasteiger partial charge in [-0.3, -0.25) is 0 Å². The van der Waals surface area contributed by atoms with Gasteiger partial charge in [0.1, 0.15) is 5.60 Å². The summed E-state index contributed by atoms with van der Waals surface area (Å²) in [6, 6.07) is 23.2. The Labute approximate surface area is 200 Å². The van der Waals surface area contributed by atoms with Crippen LogP contribution in [-0.4, -0.2) is 18.2 Å². The molecule has 33 heavy (non-hydrogen) atoms. The first-order valence-electron chi connectivity index (χ1n) is 10.8. The molecule has 3 aromatic carbocycles. The molecule has 0 saturated heterocycles. The van der Waals surface area contributed by atoms with E-state index in [1.807, 2.05) is 74.5 Å². The number of nitriles is 2. The molecule has 0 aliphatic carbocycles. The third-order valence-electron chi connectivity index (χ3n) is 5.65. The number of aryl methyl sites for hydroxylation is 2. The first-order valence-corrected chi connectivity index (χ1v) is 11.2. The zero-order valence-electron chi connectivity index (χ0n) is 18.8. The van der Waals surface area contributed by atoms with Crippen LogP contribution in [0.15, 0.2) is 60.7 Å². The molecule has 3 N–H and O–H groups in total. The first-order chi connectivity index (χ1) is 15.9. The Morgan fingerprint density at radius 3 is 2.12 bits per heavy atom. The Hall–Kier alpha value is -3.51. The van der Waals surface area contributed by atoms with Crippen molar-refractivity contribution in [3.63, 3.8) is 0 Å². The second kappa shape index (κ2) is 10.9. The lowest BCUT2D eigenvalue weighted by atomic mass is 9.79. The van der Waals surface area contributed by atoms with Crippen LogP contribution in [0.25, 0.3) is 0 Å². The molecule has 168 valence electrons. The molecule has 1 unspecified atom stereocenters. The molecule has 3 aromatic rings. The van der Waals surface area contributed by atoms with Gasteiger partial charge in [0.2, 0.25) is 0 Å². The van der Waals surface area contributed by atoms with Crippen molar-refractivity contribution in [2.75, 3.05) is 23.7 Å². The minimum absolute atomic E-state index is 0.415. The van der Waals surface area contributed by atoms with Crippen molar-refractivity contribution < 1.29 is 5.11 Å². The Kier molecular flexibility index (Phi) is 7.96. The molecule has 0 aromatic heterocycles. The quantitative estimate of drug-likeness (QED) is 0.274. The van der Waals surface area contributed by atoms with Gasteiger partial charge in [-0.15, -0.1) is 0 Å². The van der Waals surface area contributed by atoms with Gasteiger partial charge in [-0.25, -0.2) is 0 Å². The Balaban J connectivity index is 2.07. The van der Waals surface area contributed by atoms with E-state index >= 15 is 0 Å². The fourth-order valence-electron chi connectivity index (χ4n) is 3.84. The van der Waals surface area contributed by atoms with Crippen molar-refractivity contribution in [3.8, 4) is 12.1 Å². The molecule has 0 heterocycles. The average Bonchev–Trinajstić information content (AvgIpc) is 2.82. The maximum atomic E-state index is 12.3. The van der Waals surface area contributed by atoms with Crippen LogP contribution in [0.1, 0.15) is 40.7 Å². The lowest BCUT2D eigenvalue weighted by Gasteiger charge is -2.32. The van der Waals surface area contributed by atoms with Crippen molar-refractivity contribution in [1.82, 2.24) is 0 Å². The minimum atomic E-state index is -1.47. The first kappa shape index (κ1) is 24.1. The van der Waals surface area contributed by atoms with E-state index in [9.17, 15) is 5.11 Å². The summed E-state index contributed by atoms with van der Waals surface area (Å²) in [5.74, 6) is 0. The number of hydrogen-bond acceptors (Lipinski definition) is 5. The molecule has 0 fully saturated rings. The van der Waals surface area contributed by atoms with Crippen molar-refractivity contribution in [2.24, 2.45) is 0 Å². The van der Waals surface area contributed by atoms with Gasteiger partial charge in [-0.2, -0.15) is 10.5 Å². The van der Waals surface area contributed by atoms with Crippen molar-refractivity contribution in [1.29, 1.82) is 10.5 Å². The van der Waals surface area contributed by atoms with E-state index in [-0.39, 0.29) is 0 Å². The van der Waals surface area contributed by atoms with Gasteiger partial charge in [0, 0.05) is 30.0 Å². The van der Waals surface area contributed by atoms with Gasteiger partial charge >= 0.3 is 0 Å². The topological polar surface area (TPSA) is 91.9 Å². The summed E-state index contributed by atoms with van der Waals surface area (Å²) in [7, 11) is 0. The highest BCUT2D eigenvalue weighted by Gasteiger charge is 2.36. The minimum Gasteiger partial charge on any atom is -0.384 e. The van der Waals surface area contributed by atoms with Crippen LogP contribution in [0, 0.1) is 36.5 Å². The van der Waals surface area contributed by atoms with E-state index < -0.39 is 5.60 Å². The molecule has 0 aliphatic rings. The van der Waals surface area contributed by atoms with Gasteiger partial charge < -0.3 is 15.7 Å². The highest BCUT2D eigenvalue weighted by Crippen LogP contribution is 2.42. The summed E-state index contributed by atoms with van der Waals surface area (Å²) in [6.45, 7) is 5.01. The van der Waals surface area contributed by atoms with E-state index in [0.717, 1.165) is 22.5 Å². The fraction of sp³-hybridized carbons (Fsp3) is 0.259. The number of rotatable bonds is 9. The maximum absolute atomic E-state index is 12.3. The summed E-state index contributed by atoms with van der Waals surface area (Å²) >= 11 is 6.70. The molecule has 5 nitrogen and oxygen atoms in total. The molecule has 0 aliphatic heterocycles. The second-order valence-corrected chi connectivity index (χ2v) is 8.30. The Morgan fingerprint density at radius 1 is 0.848 bits per heavy atom. The van der Waals surface area contributed by atoms with E-state index in [2.05, 4.69) is 22.8 Å². The average molecular weight is 459 g/mol. The SMILES string of the molecule is Cc1cc(C(O)(c2ccc(NCCC#N)cc2)c2cccc(C)c2Cl)ccc1NCCC#N. The predicted octanol–water partition coefficient (Wildman–Crippen LogP) is 5.89. The van der Waals surface area contributed by atoms with Crippen LogP contribution < -0.4 is 10.6 Å². The number of aliphatic hydroxyl groups is 1. The van der Waals surface area contributed by atoms with Crippen LogP contribution in [0.2, 0.25) is 5.02 Å². The molecule has 0 bridgehead atoms. The standard InChI is InChI=1S/C27H27ClN4O/c1-19-6-3-7-24(26(19)28)27(33,21-8-11-23(12-9-21)31-16-4-14-29)22-10-13-25(20(2)18-22)32-17-5-15-30/h3,6-13,18,31-33H,4-5,16-17H2,1-2H3. The summed E-state index contributed by atoms with van der Waals surface area (Å²) in [5, 5.41) is 36.8. The Bertz CT molecular complexity index is 1190. The number of nitrogens with one attached hydrogen (secondary N) is 2. The number of anilines is 2. The highest BCUT2D eigenvalue weighted by molar-refractivity contribution is 6.32. The number of nitrogens with zero attached hydrogens (tertiary/aromatic N) is 2. The van der Waals surface area contributed by atoms with Crippen LogP contribution in [-0.2, 0) is 5.60 Å². The summed E-state index contributed by atoms with van der Waals surface area (Å²) in [4.78, 5) is 0. The lowest BCUT2D eigenvalue weighted by Crippen LogP contribution is -2.29. The van der Waals surface area contributed by atoms with Gasteiger partial charge in [-0.1, -0.05) is 54.1 Å². The molecule has 6 heteroatoms. The monoisotopic (exact) mass is 458 g/mol. The largest absolute Gasteiger partial charge is 0.384 e. The molecule has 0 amide bonds. The zero-order chi connectivity index (χ0) is 23.8.